The Morgan fingerprint density at radius 1 is 0.903 bits per heavy atom. The largest absolute Gasteiger partial charge is 0.273 e. The van der Waals surface area contributed by atoms with E-state index in [9.17, 15) is 28.1 Å². The number of nitro groups is 1. The summed E-state index contributed by atoms with van der Waals surface area (Å²) in [5.74, 6) is -1.38. The van der Waals surface area contributed by atoms with Crippen molar-refractivity contribution in [3.05, 3.63) is 82.4 Å². The minimum atomic E-state index is -3.82. The summed E-state index contributed by atoms with van der Waals surface area (Å²) in [5.41, 5.74) is 3.99. The maximum atomic E-state index is 12.4. The number of carbonyl (C=O) groups is 2. The van der Waals surface area contributed by atoms with E-state index in [2.05, 4.69) is 15.6 Å². The summed E-state index contributed by atoms with van der Waals surface area (Å²) in [5, 5.41) is 12.4. The van der Waals surface area contributed by atoms with Crippen molar-refractivity contribution < 1.29 is 22.9 Å². The number of amides is 2. The van der Waals surface area contributed by atoms with Crippen LogP contribution >= 0.6 is 0 Å². The number of sulfonamides is 1. The van der Waals surface area contributed by atoms with Crippen LogP contribution in [0.25, 0.3) is 10.8 Å². The van der Waals surface area contributed by atoms with E-state index in [1.807, 2.05) is 12.1 Å². The van der Waals surface area contributed by atoms with Crippen LogP contribution in [-0.2, 0) is 14.8 Å². The van der Waals surface area contributed by atoms with Crippen molar-refractivity contribution in [3.63, 3.8) is 0 Å². The molecule has 0 unspecified atom stereocenters. The lowest BCUT2D eigenvalue weighted by Gasteiger charge is -2.09. The summed E-state index contributed by atoms with van der Waals surface area (Å²) >= 11 is 0. The minimum absolute atomic E-state index is 0.00786. The second kappa shape index (κ2) is 9.32. The lowest BCUT2D eigenvalue weighted by atomic mass is 10.1. The lowest BCUT2D eigenvalue weighted by Crippen LogP contribution is -2.42. The fourth-order valence-corrected chi connectivity index (χ4v) is 3.81. The third-order valence-corrected chi connectivity index (χ3v) is 5.77. The van der Waals surface area contributed by atoms with Crippen LogP contribution in [0.15, 0.2) is 71.6 Å². The highest BCUT2D eigenvalue weighted by Gasteiger charge is 2.16. The molecule has 0 aromatic heterocycles. The van der Waals surface area contributed by atoms with E-state index >= 15 is 0 Å². The van der Waals surface area contributed by atoms with Crippen LogP contribution in [-0.4, -0.2) is 31.7 Å². The highest BCUT2D eigenvalue weighted by Crippen LogP contribution is 2.18. The lowest BCUT2D eigenvalue weighted by molar-refractivity contribution is -0.384. The van der Waals surface area contributed by atoms with E-state index in [0.717, 1.165) is 16.8 Å². The van der Waals surface area contributed by atoms with E-state index in [-0.39, 0.29) is 29.1 Å². The first-order chi connectivity index (χ1) is 14.8. The van der Waals surface area contributed by atoms with Gasteiger partial charge in [-0.3, -0.25) is 30.6 Å². The highest BCUT2D eigenvalue weighted by molar-refractivity contribution is 7.89. The molecule has 3 aromatic carbocycles. The van der Waals surface area contributed by atoms with Gasteiger partial charge in [-0.05, 0) is 29.0 Å². The fraction of sp³-hybridized carbons (Fsp3) is 0.100. The van der Waals surface area contributed by atoms with Gasteiger partial charge < -0.3 is 0 Å². The summed E-state index contributed by atoms with van der Waals surface area (Å²) in [6.45, 7) is -0.187. The first-order valence-electron chi connectivity index (χ1n) is 9.08. The number of non-ortho nitro benzene ring substituents is 1. The number of carbonyl (C=O) groups excluding carboxylic acids is 2. The first kappa shape index (κ1) is 21.9. The second-order valence-electron chi connectivity index (χ2n) is 6.47. The Morgan fingerprint density at radius 2 is 1.65 bits per heavy atom. The average molecular weight is 442 g/mol. The van der Waals surface area contributed by atoms with Gasteiger partial charge in [-0.2, -0.15) is 0 Å². The Bertz CT molecular complexity index is 1260. The number of nitro benzene ring substituents is 1. The number of hydrazine groups is 1. The highest BCUT2D eigenvalue weighted by atomic mass is 32.2. The summed E-state index contributed by atoms with van der Waals surface area (Å²) < 4.78 is 27.2. The molecule has 0 atom stereocenters. The maximum Gasteiger partial charge on any atom is 0.270 e. The van der Waals surface area contributed by atoms with Crippen molar-refractivity contribution in [2.75, 3.05) is 6.54 Å². The zero-order chi connectivity index (χ0) is 22.4. The summed E-state index contributed by atoms with van der Waals surface area (Å²) in [7, 11) is -3.82. The molecule has 0 radical (unpaired) electrons. The van der Waals surface area contributed by atoms with Gasteiger partial charge in [-0.1, -0.05) is 36.4 Å². The van der Waals surface area contributed by atoms with Crippen molar-refractivity contribution in [2.45, 2.75) is 11.3 Å². The molecule has 0 aliphatic carbocycles. The number of rotatable bonds is 7. The predicted molar refractivity (Wildman–Crippen MR) is 112 cm³/mol. The second-order valence-corrected chi connectivity index (χ2v) is 8.23. The molecule has 0 aliphatic heterocycles. The fourth-order valence-electron chi connectivity index (χ4n) is 2.74. The van der Waals surface area contributed by atoms with Gasteiger partial charge in [0.15, 0.2) is 0 Å². The first-order valence-corrected chi connectivity index (χ1v) is 10.6. The molecule has 11 heteroatoms. The number of fused-ring (bicyclic) bond motifs is 1. The summed E-state index contributed by atoms with van der Waals surface area (Å²) in [6, 6.07) is 17.0. The molecule has 0 spiro atoms. The molecular formula is C20H18N4O6S. The molecule has 31 heavy (non-hydrogen) atoms. The van der Waals surface area contributed by atoms with Gasteiger partial charge in [0.1, 0.15) is 0 Å². The molecule has 0 fully saturated rings. The number of benzene rings is 3. The van der Waals surface area contributed by atoms with Crippen LogP contribution in [0.3, 0.4) is 0 Å². The smallest absolute Gasteiger partial charge is 0.270 e. The van der Waals surface area contributed by atoms with Gasteiger partial charge in [0, 0.05) is 30.7 Å². The van der Waals surface area contributed by atoms with Crippen LogP contribution in [0.1, 0.15) is 16.8 Å². The standard InChI is InChI=1S/C20H18N4O6S/c25-19(22-23-20(26)16-6-3-7-17(12-16)24(27)28)10-11-21-31(29,30)18-9-8-14-4-1-2-5-15(14)13-18/h1-9,12-13,21H,10-11H2,(H,22,25)(H,23,26). The van der Waals surface area contributed by atoms with Crippen LogP contribution in [0, 0.1) is 10.1 Å². The minimum Gasteiger partial charge on any atom is -0.273 e. The summed E-state index contributed by atoms with van der Waals surface area (Å²) in [6.07, 6.45) is -0.234. The quantitative estimate of drug-likeness (QED) is 0.376. The summed E-state index contributed by atoms with van der Waals surface area (Å²) in [4.78, 5) is 34.1. The Hall–Kier alpha value is -3.83. The molecule has 0 bridgehead atoms. The van der Waals surface area contributed by atoms with Gasteiger partial charge in [0.2, 0.25) is 15.9 Å². The van der Waals surface area contributed by atoms with Crippen molar-refractivity contribution in [1.29, 1.82) is 0 Å². The SMILES string of the molecule is O=C(CCNS(=O)(=O)c1ccc2ccccc2c1)NNC(=O)c1cccc([N+](=O)[O-])c1. The molecule has 160 valence electrons. The number of hydrogen-bond acceptors (Lipinski definition) is 6. The van der Waals surface area contributed by atoms with Gasteiger partial charge in [0.25, 0.3) is 11.6 Å². The van der Waals surface area contributed by atoms with Crippen molar-refractivity contribution in [1.82, 2.24) is 15.6 Å². The van der Waals surface area contributed by atoms with E-state index in [0.29, 0.717) is 0 Å². The Balaban J connectivity index is 1.50. The molecule has 10 nitrogen and oxygen atoms in total. The van der Waals surface area contributed by atoms with Gasteiger partial charge >= 0.3 is 0 Å². The maximum absolute atomic E-state index is 12.4. The molecule has 0 saturated heterocycles. The van der Waals surface area contributed by atoms with Crippen LogP contribution in [0.5, 0.6) is 0 Å². The van der Waals surface area contributed by atoms with E-state index in [4.69, 9.17) is 0 Å². The molecular weight excluding hydrogens is 424 g/mol. The zero-order valence-electron chi connectivity index (χ0n) is 16.1. The van der Waals surface area contributed by atoms with Crippen LogP contribution in [0.4, 0.5) is 5.69 Å². The average Bonchev–Trinajstić information content (AvgIpc) is 2.77. The van der Waals surface area contributed by atoms with Crippen LogP contribution in [0.2, 0.25) is 0 Å². The topological polar surface area (TPSA) is 148 Å². The Labute approximate surface area is 177 Å². The van der Waals surface area contributed by atoms with E-state index < -0.39 is 26.8 Å². The Kier molecular flexibility index (Phi) is 6.58. The zero-order valence-corrected chi connectivity index (χ0v) is 16.9. The van der Waals surface area contributed by atoms with Crippen molar-refractivity contribution in [3.8, 4) is 0 Å². The van der Waals surface area contributed by atoms with Gasteiger partial charge in [-0.15, -0.1) is 0 Å². The third kappa shape index (κ3) is 5.62. The monoisotopic (exact) mass is 442 g/mol. The molecule has 0 heterocycles. The predicted octanol–water partition coefficient (Wildman–Crippen LogP) is 1.88. The molecule has 2 amide bonds. The molecule has 3 N–H and O–H groups in total. The number of nitrogens with zero attached hydrogens (tertiary/aromatic N) is 1. The normalized spacial score (nSPS) is 11.1. The van der Waals surface area contributed by atoms with Gasteiger partial charge in [-0.25, -0.2) is 13.1 Å². The van der Waals surface area contributed by atoms with Crippen LogP contribution < -0.4 is 15.6 Å². The number of nitrogens with one attached hydrogen (secondary N) is 3. The molecule has 0 saturated carbocycles. The third-order valence-electron chi connectivity index (χ3n) is 4.31. The molecule has 0 aliphatic rings. The van der Waals surface area contributed by atoms with E-state index in [1.54, 1.807) is 18.2 Å². The molecule has 3 aromatic rings. The van der Waals surface area contributed by atoms with E-state index in [1.165, 1.54) is 30.3 Å². The number of hydrogen-bond donors (Lipinski definition) is 3. The van der Waals surface area contributed by atoms with Crippen molar-refractivity contribution in [2.24, 2.45) is 0 Å². The molecule has 3 rings (SSSR count). The Morgan fingerprint density at radius 3 is 2.39 bits per heavy atom. The van der Waals surface area contributed by atoms with Gasteiger partial charge in [0.05, 0.1) is 9.82 Å². The van der Waals surface area contributed by atoms with Crippen molar-refractivity contribution >= 4 is 38.3 Å².